The van der Waals surface area contributed by atoms with Gasteiger partial charge in [0.2, 0.25) is 23.7 Å². The molecule has 0 aliphatic carbocycles. The van der Waals surface area contributed by atoms with E-state index in [2.05, 4.69) is 31.6 Å². The lowest BCUT2D eigenvalue weighted by molar-refractivity contribution is -0.131. The number of anilines is 1. The molecule has 79 heavy (non-hydrogen) atoms. The van der Waals surface area contributed by atoms with Gasteiger partial charge in [-0.15, -0.1) is 0 Å². The fraction of sp³-hybridized carbons (Fsp3) is 0.250. The first kappa shape index (κ1) is 57.1. The van der Waals surface area contributed by atoms with Crippen molar-refractivity contribution in [1.29, 1.82) is 5.41 Å². The average Bonchev–Trinajstić information content (AvgIpc) is 3.89. The third-order valence-electron chi connectivity index (χ3n) is 12.1. The van der Waals surface area contributed by atoms with Gasteiger partial charge in [0.05, 0.1) is 0 Å². The maximum Gasteiger partial charge on any atom is 0.416 e. The van der Waals surface area contributed by atoms with Gasteiger partial charge in [0.25, 0.3) is 0 Å². The number of amides is 6. The van der Waals surface area contributed by atoms with Crippen LogP contribution >= 0.6 is 0 Å². The number of aromatic amines is 1. The van der Waals surface area contributed by atoms with Gasteiger partial charge in [-0.2, -0.15) is 0 Å². The number of ether oxygens (including phenoxy) is 4. The molecule has 0 spiro atoms. The molecule has 0 saturated heterocycles. The Kier molecular flexibility index (Phi) is 20.2. The number of carbonyl (C=O) groups is 6. The Balaban J connectivity index is 1.16. The van der Waals surface area contributed by atoms with Crippen LogP contribution in [-0.4, -0.2) is 87.2 Å². The fourth-order valence-electron chi connectivity index (χ4n) is 8.14. The summed E-state index contributed by atoms with van der Waals surface area (Å²) < 4.78 is 22.5. The van der Waals surface area contributed by atoms with E-state index in [1.54, 1.807) is 112 Å². The Hall–Kier alpha value is -9.65. The predicted molar refractivity (Wildman–Crippen MR) is 297 cm³/mol. The number of aromatic hydroxyl groups is 1. The van der Waals surface area contributed by atoms with Crippen LogP contribution in [0.4, 0.5) is 20.1 Å². The maximum absolute atomic E-state index is 14.9. The molecule has 0 aliphatic heterocycles. The first-order valence-electron chi connectivity index (χ1n) is 25.6. The van der Waals surface area contributed by atoms with E-state index in [1.807, 2.05) is 54.6 Å². The molecule has 7 aromatic rings. The predicted octanol–water partition coefficient (Wildman–Crippen LogP) is 9.02. The average molecular weight is 1070 g/mol. The van der Waals surface area contributed by atoms with Crippen LogP contribution in [0.15, 0.2) is 170 Å². The highest BCUT2D eigenvalue weighted by Crippen LogP contribution is 2.22. The number of nitrogens with zero attached hydrogens (tertiary/aromatic N) is 1. The number of fused-ring (bicyclic) bond motifs is 1. The second kappa shape index (κ2) is 27.9. The third-order valence-corrected chi connectivity index (χ3v) is 12.1. The highest BCUT2D eigenvalue weighted by molar-refractivity contribution is 6.01. The number of alkyl carbamates (subject to hydrolysis) is 2. The number of carbonyl (C=O) groups excluding carboxylic acids is 6. The SMILES string of the molecule is CC(C)(C)OC(=O)N[C@@H](Cc1ccc(OCc2ccccc2)cc1)C(=O)N[C@@H](CCCN(C(=N)NC(=O)OCc1ccccc1)C(=O)OCc1ccccc1)C(=O)N[C@@H](Cc1c[nH]c2ccccc12)C(=O)Nc1ccc(O)cc1. The highest BCUT2D eigenvalue weighted by Gasteiger charge is 2.32. The van der Waals surface area contributed by atoms with Crippen molar-refractivity contribution in [2.75, 3.05) is 11.9 Å². The largest absolute Gasteiger partial charge is 0.508 e. The molecule has 7 rings (SSSR count). The van der Waals surface area contributed by atoms with E-state index in [1.165, 1.54) is 24.3 Å². The molecule has 1 heterocycles. The molecule has 6 aromatic carbocycles. The van der Waals surface area contributed by atoms with E-state index in [0.717, 1.165) is 21.4 Å². The van der Waals surface area contributed by atoms with E-state index in [0.29, 0.717) is 40.3 Å². The van der Waals surface area contributed by atoms with Crippen molar-refractivity contribution in [3.8, 4) is 11.5 Å². The summed E-state index contributed by atoms with van der Waals surface area (Å²) in [6.07, 6.45) is -1.62. The minimum atomic E-state index is -1.46. The van der Waals surface area contributed by atoms with E-state index >= 15 is 0 Å². The second-order valence-electron chi connectivity index (χ2n) is 19.4. The lowest BCUT2D eigenvalue weighted by Crippen LogP contribution is -2.57. The summed E-state index contributed by atoms with van der Waals surface area (Å²) >= 11 is 0. The van der Waals surface area contributed by atoms with Crippen LogP contribution in [-0.2, 0) is 61.3 Å². The van der Waals surface area contributed by atoms with Crippen molar-refractivity contribution < 1.29 is 52.8 Å². The zero-order valence-electron chi connectivity index (χ0n) is 44.0. The van der Waals surface area contributed by atoms with Gasteiger partial charge in [-0.3, -0.25) is 25.1 Å². The molecule has 0 radical (unpaired) electrons. The molecule has 0 bridgehead atoms. The molecular weight excluding hydrogens is 1010 g/mol. The minimum absolute atomic E-state index is 0.0154. The molecule has 0 aliphatic rings. The molecule has 19 heteroatoms. The van der Waals surface area contributed by atoms with Gasteiger partial charge in [-0.05, 0) is 104 Å². The van der Waals surface area contributed by atoms with Gasteiger partial charge < -0.3 is 50.3 Å². The molecule has 1 aromatic heterocycles. The number of benzene rings is 6. The Bertz CT molecular complexity index is 3150. The first-order valence-corrected chi connectivity index (χ1v) is 25.6. The molecule has 0 unspecified atom stereocenters. The summed E-state index contributed by atoms with van der Waals surface area (Å²) in [4.78, 5) is 88.2. The summed E-state index contributed by atoms with van der Waals surface area (Å²) in [5, 5.41) is 33.0. The van der Waals surface area contributed by atoms with E-state index in [4.69, 9.17) is 24.4 Å². The van der Waals surface area contributed by atoms with Crippen LogP contribution in [0.3, 0.4) is 0 Å². The lowest BCUT2D eigenvalue weighted by atomic mass is 10.0. The number of guanidine groups is 1. The number of rotatable bonds is 22. The Labute approximate surface area is 457 Å². The van der Waals surface area contributed by atoms with Crippen molar-refractivity contribution in [3.05, 3.63) is 198 Å². The lowest BCUT2D eigenvalue weighted by Gasteiger charge is -2.27. The van der Waals surface area contributed by atoms with Crippen LogP contribution in [0.5, 0.6) is 11.5 Å². The number of H-pyrrole nitrogens is 1. The fourth-order valence-corrected chi connectivity index (χ4v) is 8.14. The number of nitrogens with one attached hydrogen (secondary N) is 7. The zero-order valence-corrected chi connectivity index (χ0v) is 44.0. The van der Waals surface area contributed by atoms with Crippen molar-refractivity contribution >= 4 is 58.6 Å². The molecule has 0 saturated carbocycles. The zero-order chi connectivity index (χ0) is 56.2. The van der Waals surface area contributed by atoms with Gasteiger partial charge >= 0.3 is 18.3 Å². The molecule has 0 fully saturated rings. The number of phenolic OH excluding ortho intramolecular Hbond substituents is 1. The number of hydrogen-bond acceptors (Lipinski definition) is 12. The normalized spacial score (nSPS) is 12.1. The van der Waals surface area contributed by atoms with Gasteiger partial charge in [-0.25, -0.2) is 19.3 Å². The number of phenols is 1. The first-order chi connectivity index (χ1) is 38.0. The number of hydrogen-bond donors (Lipinski definition) is 8. The van der Waals surface area contributed by atoms with Gasteiger partial charge in [0.15, 0.2) is 0 Å². The number of para-hydroxylation sites is 1. The third kappa shape index (κ3) is 18.3. The molecule has 6 amide bonds. The molecular formula is C60H64N8O11. The van der Waals surface area contributed by atoms with Gasteiger partial charge in [0.1, 0.15) is 55.0 Å². The summed E-state index contributed by atoms with van der Waals surface area (Å²) in [6, 6.07) is 43.4. The molecule has 19 nitrogen and oxygen atoms in total. The van der Waals surface area contributed by atoms with Crippen molar-refractivity contribution in [2.24, 2.45) is 0 Å². The Morgan fingerprint density at radius 1 is 0.595 bits per heavy atom. The van der Waals surface area contributed by atoms with Crippen molar-refractivity contribution in [2.45, 2.75) is 90.0 Å². The maximum atomic E-state index is 14.9. The van der Waals surface area contributed by atoms with Crippen molar-refractivity contribution in [1.82, 2.24) is 31.2 Å². The van der Waals surface area contributed by atoms with Crippen LogP contribution < -0.4 is 31.3 Å². The summed E-state index contributed by atoms with van der Waals surface area (Å²) in [7, 11) is 0. The summed E-state index contributed by atoms with van der Waals surface area (Å²) in [5.41, 5.74) is 3.79. The van der Waals surface area contributed by atoms with Crippen LogP contribution in [0.2, 0.25) is 0 Å². The van der Waals surface area contributed by atoms with E-state index < -0.39 is 65.7 Å². The highest BCUT2D eigenvalue weighted by atomic mass is 16.6. The van der Waals surface area contributed by atoms with Gasteiger partial charge in [-0.1, -0.05) is 121 Å². The number of aromatic nitrogens is 1. The molecule has 410 valence electrons. The standard InChI is InChI=1S/C60H64N8O11/c1-60(2,3)79-58(74)66-51(34-40-25-31-47(32-26-40)76-37-41-16-7-4-8-17-41)55(72)64-50(53(70)65-52(54(71)63-45-27-29-46(69)30-28-45)35-44-36-62-49-23-14-13-22-48(44)49)24-15-33-68(59(75)78-39-43-20-11-6-12-21-43)56(61)67-57(73)77-38-42-18-9-5-10-19-42/h4-14,16-23,25-32,36,50-52,62,69H,15,24,33-35,37-39H2,1-3H3,(H,63,71)(H,64,72)(H,65,70)(H,66,74)(H2,61,67,73)/t50-,51-,52-/m0/s1. The van der Waals surface area contributed by atoms with Crippen molar-refractivity contribution in [3.63, 3.8) is 0 Å². The van der Waals surface area contributed by atoms with E-state index in [9.17, 15) is 33.9 Å². The van der Waals surface area contributed by atoms with Crippen LogP contribution in [0, 0.1) is 5.41 Å². The Morgan fingerprint density at radius 2 is 1.15 bits per heavy atom. The smallest absolute Gasteiger partial charge is 0.416 e. The topological polar surface area (TPSA) is 263 Å². The van der Waals surface area contributed by atoms with E-state index in [-0.39, 0.29) is 51.2 Å². The minimum Gasteiger partial charge on any atom is -0.508 e. The van der Waals surface area contributed by atoms with Gasteiger partial charge in [0, 0.05) is 42.2 Å². The summed E-state index contributed by atoms with van der Waals surface area (Å²) in [5.74, 6) is -2.39. The van der Waals surface area contributed by atoms with Crippen LogP contribution in [0.1, 0.15) is 61.4 Å². The monoisotopic (exact) mass is 1070 g/mol. The quantitative estimate of drug-likeness (QED) is 0.0137. The second-order valence-corrected chi connectivity index (χ2v) is 19.4. The molecule has 8 N–H and O–H groups in total. The Morgan fingerprint density at radius 3 is 1.78 bits per heavy atom. The molecule has 3 atom stereocenters. The van der Waals surface area contributed by atoms with Crippen LogP contribution in [0.25, 0.3) is 10.9 Å². The summed E-state index contributed by atoms with van der Waals surface area (Å²) in [6.45, 7) is 4.70.